The molecule has 3 rings (SSSR count). The number of amides is 3. The lowest BCUT2D eigenvalue weighted by atomic mass is 10.0. The second-order valence-corrected chi connectivity index (χ2v) is 7.55. The number of hydrogen-bond acceptors (Lipinski definition) is 5. The van der Waals surface area contributed by atoms with Gasteiger partial charge in [-0.2, -0.15) is 0 Å². The lowest BCUT2D eigenvalue weighted by Gasteiger charge is -2.38. The molecule has 0 bridgehead atoms. The van der Waals surface area contributed by atoms with Crippen LogP contribution in [0.3, 0.4) is 0 Å². The number of anilines is 1. The molecule has 1 fully saturated rings. The van der Waals surface area contributed by atoms with Crippen molar-refractivity contribution in [2.75, 3.05) is 25.0 Å². The zero-order valence-corrected chi connectivity index (χ0v) is 18.0. The molecule has 1 aromatic carbocycles. The van der Waals surface area contributed by atoms with Crippen LogP contribution < -0.4 is 5.32 Å². The average Bonchev–Trinajstić information content (AvgIpc) is 3.27. The number of carbonyl (C=O) groups excluding carboxylic acids is 3. The summed E-state index contributed by atoms with van der Waals surface area (Å²) in [5, 5.41) is 2.94. The maximum atomic E-state index is 13.1. The number of likely N-dealkylation sites (tertiary alicyclic amines) is 1. The molecule has 1 aromatic heterocycles. The van der Waals surface area contributed by atoms with E-state index in [4.69, 9.17) is 9.15 Å². The van der Waals surface area contributed by atoms with E-state index in [9.17, 15) is 14.4 Å². The second-order valence-electron chi connectivity index (χ2n) is 7.55. The number of benzene rings is 1. The van der Waals surface area contributed by atoms with Crippen LogP contribution >= 0.6 is 0 Å². The molecular formula is C23H29N3O5. The van der Waals surface area contributed by atoms with Crippen molar-refractivity contribution in [3.8, 4) is 0 Å². The van der Waals surface area contributed by atoms with E-state index in [1.807, 2.05) is 11.0 Å². The summed E-state index contributed by atoms with van der Waals surface area (Å²) < 4.78 is 10.4. The first-order valence-electron chi connectivity index (χ1n) is 10.6. The largest absolute Gasteiger partial charge is 0.467 e. The number of piperidine rings is 1. The van der Waals surface area contributed by atoms with E-state index in [-0.39, 0.29) is 30.4 Å². The first-order valence-corrected chi connectivity index (χ1v) is 10.6. The highest BCUT2D eigenvalue weighted by Gasteiger charge is 2.29. The molecule has 0 aliphatic carbocycles. The number of nitrogens with zero attached hydrogens (tertiary/aromatic N) is 2. The van der Waals surface area contributed by atoms with Crippen molar-refractivity contribution in [3.63, 3.8) is 0 Å². The molecule has 31 heavy (non-hydrogen) atoms. The third kappa shape index (κ3) is 6.34. The number of furan rings is 1. The molecule has 1 saturated heterocycles. The molecule has 8 nitrogen and oxygen atoms in total. The van der Waals surface area contributed by atoms with Crippen molar-refractivity contribution in [2.45, 2.75) is 45.7 Å². The normalized spacial score (nSPS) is 14.2. The molecule has 3 amide bonds. The van der Waals surface area contributed by atoms with Crippen molar-refractivity contribution in [3.05, 3.63) is 54.0 Å². The minimum Gasteiger partial charge on any atom is -0.467 e. The van der Waals surface area contributed by atoms with Crippen molar-refractivity contribution in [1.29, 1.82) is 0 Å². The van der Waals surface area contributed by atoms with E-state index in [2.05, 4.69) is 5.32 Å². The molecular weight excluding hydrogens is 398 g/mol. The predicted molar refractivity (Wildman–Crippen MR) is 115 cm³/mol. The Bertz CT molecular complexity index is 871. The summed E-state index contributed by atoms with van der Waals surface area (Å²) in [6.45, 7) is 5.30. The molecule has 166 valence electrons. The van der Waals surface area contributed by atoms with E-state index in [0.717, 1.165) is 5.56 Å². The van der Waals surface area contributed by atoms with Crippen molar-refractivity contribution in [1.82, 2.24) is 9.80 Å². The summed E-state index contributed by atoms with van der Waals surface area (Å²) in [5.41, 5.74) is 1.46. The van der Waals surface area contributed by atoms with Crippen molar-refractivity contribution in [2.24, 2.45) is 0 Å². The van der Waals surface area contributed by atoms with Gasteiger partial charge in [-0.25, -0.2) is 4.79 Å². The van der Waals surface area contributed by atoms with Crippen LogP contribution in [0, 0.1) is 0 Å². The van der Waals surface area contributed by atoms with Crippen LogP contribution in [0.1, 0.15) is 38.0 Å². The Morgan fingerprint density at radius 3 is 2.45 bits per heavy atom. The fourth-order valence-corrected chi connectivity index (χ4v) is 3.71. The Morgan fingerprint density at radius 1 is 1.16 bits per heavy atom. The summed E-state index contributed by atoms with van der Waals surface area (Å²) in [6, 6.07) is 10.6. The maximum Gasteiger partial charge on any atom is 0.322 e. The van der Waals surface area contributed by atoms with Crippen molar-refractivity contribution >= 4 is 23.6 Å². The van der Waals surface area contributed by atoms with Crippen molar-refractivity contribution < 1.29 is 23.5 Å². The lowest BCUT2D eigenvalue weighted by molar-refractivity contribution is -0.142. The summed E-state index contributed by atoms with van der Waals surface area (Å²) in [4.78, 5) is 39.9. The van der Waals surface area contributed by atoms with Crippen LogP contribution in [0.4, 0.5) is 10.5 Å². The molecule has 0 unspecified atom stereocenters. The Hall–Kier alpha value is -3.29. The maximum absolute atomic E-state index is 13.1. The van der Waals surface area contributed by atoms with Crippen LogP contribution in [0.15, 0.2) is 47.1 Å². The van der Waals surface area contributed by atoms with Gasteiger partial charge in [-0.15, -0.1) is 0 Å². The summed E-state index contributed by atoms with van der Waals surface area (Å²) >= 11 is 0. The van der Waals surface area contributed by atoms with Gasteiger partial charge in [0.2, 0.25) is 5.91 Å². The fourth-order valence-electron chi connectivity index (χ4n) is 3.71. The van der Waals surface area contributed by atoms with Crippen LogP contribution in [-0.2, 0) is 27.3 Å². The first-order chi connectivity index (χ1) is 15.0. The highest BCUT2D eigenvalue weighted by molar-refractivity contribution is 5.89. The van der Waals surface area contributed by atoms with Gasteiger partial charge in [0, 0.05) is 31.7 Å². The Balaban J connectivity index is 1.65. The van der Waals surface area contributed by atoms with Crippen LogP contribution in [0.25, 0.3) is 0 Å². The highest BCUT2D eigenvalue weighted by atomic mass is 16.5. The average molecular weight is 428 g/mol. The number of hydrogen-bond donors (Lipinski definition) is 1. The van der Waals surface area contributed by atoms with E-state index < -0.39 is 0 Å². The quantitative estimate of drug-likeness (QED) is 0.684. The molecule has 1 aliphatic heterocycles. The molecule has 0 radical (unpaired) electrons. The van der Waals surface area contributed by atoms with E-state index >= 15 is 0 Å². The van der Waals surface area contributed by atoms with E-state index in [0.29, 0.717) is 50.5 Å². The molecule has 1 N–H and O–H groups in total. The SMILES string of the molecule is CCOC(=O)Cc1ccc(NC(=O)N(Cc2ccco2)C2CCN(C(C)=O)CC2)cc1. The third-order valence-corrected chi connectivity index (χ3v) is 5.38. The number of ether oxygens (including phenoxy) is 1. The summed E-state index contributed by atoms with van der Waals surface area (Å²) in [5.74, 6) is 0.484. The Labute approximate surface area is 182 Å². The van der Waals surface area contributed by atoms with E-state index in [1.54, 1.807) is 55.3 Å². The Kier molecular flexibility index (Phi) is 7.70. The van der Waals surface area contributed by atoms with Gasteiger partial charge < -0.3 is 24.3 Å². The second kappa shape index (κ2) is 10.7. The number of rotatable bonds is 7. The minimum absolute atomic E-state index is 0.00351. The number of esters is 1. The van der Waals surface area contributed by atoms with Crippen LogP contribution in [0.5, 0.6) is 0 Å². The molecule has 0 atom stereocenters. The topological polar surface area (TPSA) is 92.1 Å². The van der Waals surface area contributed by atoms with E-state index in [1.165, 1.54) is 0 Å². The first kappa shape index (κ1) is 22.4. The van der Waals surface area contributed by atoms with Gasteiger partial charge in [-0.3, -0.25) is 9.59 Å². The molecule has 0 saturated carbocycles. The molecule has 2 aromatic rings. The monoisotopic (exact) mass is 427 g/mol. The van der Waals surface area contributed by atoms with Crippen LogP contribution in [-0.4, -0.2) is 53.4 Å². The minimum atomic E-state index is -0.277. The van der Waals surface area contributed by atoms with Gasteiger partial charge in [0.25, 0.3) is 0 Å². The lowest BCUT2D eigenvalue weighted by Crippen LogP contribution is -2.49. The number of carbonyl (C=O) groups is 3. The summed E-state index contributed by atoms with van der Waals surface area (Å²) in [7, 11) is 0. The van der Waals surface area contributed by atoms with Gasteiger partial charge in [0.15, 0.2) is 0 Å². The zero-order valence-electron chi connectivity index (χ0n) is 18.0. The molecule has 8 heteroatoms. The number of urea groups is 1. The van der Waals surface area contributed by atoms with Gasteiger partial charge in [-0.1, -0.05) is 12.1 Å². The van der Waals surface area contributed by atoms with Gasteiger partial charge in [0.1, 0.15) is 5.76 Å². The standard InChI is InChI=1S/C23H29N3O5/c1-3-30-22(28)15-18-6-8-19(9-7-18)24-23(29)26(16-21-5-4-14-31-21)20-10-12-25(13-11-20)17(2)27/h4-9,14,20H,3,10-13,15-16H2,1-2H3,(H,24,29). The molecule has 0 spiro atoms. The zero-order chi connectivity index (χ0) is 22.2. The van der Waals surface area contributed by atoms with Gasteiger partial charge in [-0.05, 0) is 49.6 Å². The summed E-state index contributed by atoms with van der Waals surface area (Å²) in [6.07, 6.45) is 3.21. The van der Waals surface area contributed by atoms with Crippen LogP contribution in [0.2, 0.25) is 0 Å². The molecule has 2 heterocycles. The Morgan fingerprint density at radius 2 is 1.87 bits per heavy atom. The highest BCUT2D eigenvalue weighted by Crippen LogP contribution is 2.21. The number of nitrogens with one attached hydrogen (secondary N) is 1. The predicted octanol–water partition coefficient (Wildman–Crippen LogP) is 3.43. The smallest absolute Gasteiger partial charge is 0.322 e. The molecule has 1 aliphatic rings. The van der Waals surface area contributed by atoms with Gasteiger partial charge >= 0.3 is 12.0 Å². The van der Waals surface area contributed by atoms with Gasteiger partial charge in [0.05, 0.1) is 25.8 Å². The third-order valence-electron chi connectivity index (χ3n) is 5.38. The fraction of sp³-hybridized carbons (Fsp3) is 0.435.